The molecule has 100 valence electrons. The van der Waals surface area contributed by atoms with Gasteiger partial charge in [-0.2, -0.15) is 0 Å². The van der Waals surface area contributed by atoms with Crippen LogP contribution >= 0.6 is 11.6 Å². The topological polar surface area (TPSA) is 25.8 Å². The number of aromatic nitrogens is 2. The SMILES string of the molecule is Cc1ccc(F)c(-c2nc(Cl)c3cccc(C)c3n2)c1. The molecular formula is C16H12ClFN2. The second-order valence-electron chi connectivity index (χ2n) is 4.79. The third-order valence-electron chi connectivity index (χ3n) is 3.24. The summed E-state index contributed by atoms with van der Waals surface area (Å²) < 4.78 is 14.0. The van der Waals surface area contributed by atoms with Crippen LogP contribution in [-0.2, 0) is 0 Å². The van der Waals surface area contributed by atoms with Crippen LogP contribution in [-0.4, -0.2) is 9.97 Å². The summed E-state index contributed by atoms with van der Waals surface area (Å²) in [5, 5.41) is 1.12. The molecule has 0 bridgehead atoms. The van der Waals surface area contributed by atoms with E-state index in [9.17, 15) is 4.39 Å². The van der Waals surface area contributed by atoms with Gasteiger partial charge < -0.3 is 0 Å². The highest BCUT2D eigenvalue weighted by atomic mass is 35.5. The predicted octanol–water partition coefficient (Wildman–Crippen LogP) is 4.71. The standard InChI is InChI=1S/C16H12ClFN2/c1-9-6-7-13(18)12(8-9)16-19-14-10(2)4-3-5-11(14)15(17)20-16/h3-8H,1-2H3. The number of rotatable bonds is 1. The number of para-hydroxylation sites is 1. The lowest BCUT2D eigenvalue weighted by atomic mass is 10.1. The van der Waals surface area contributed by atoms with Crippen LogP contribution in [0, 0.1) is 19.7 Å². The summed E-state index contributed by atoms with van der Waals surface area (Å²) in [5.41, 5.74) is 3.06. The van der Waals surface area contributed by atoms with Gasteiger partial charge in [-0.1, -0.05) is 35.4 Å². The van der Waals surface area contributed by atoms with Gasteiger partial charge in [0.15, 0.2) is 5.82 Å². The maximum atomic E-state index is 14.0. The van der Waals surface area contributed by atoms with Crippen molar-refractivity contribution in [1.82, 2.24) is 9.97 Å². The summed E-state index contributed by atoms with van der Waals surface area (Å²) >= 11 is 6.20. The molecule has 0 amide bonds. The average Bonchev–Trinajstić information content (AvgIpc) is 2.42. The first-order chi connectivity index (χ1) is 9.56. The molecule has 0 aliphatic rings. The molecule has 0 unspecified atom stereocenters. The fourth-order valence-corrected chi connectivity index (χ4v) is 2.42. The third kappa shape index (κ3) is 2.14. The molecule has 0 saturated carbocycles. The molecule has 0 radical (unpaired) electrons. The van der Waals surface area contributed by atoms with E-state index in [1.807, 2.05) is 32.0 Å². The van der Waals surface area contributed by atoms with E-state index in [0.29, 0.717) is 16.5 Å². The highest BCUT2D eigenvalue weighted by Gasteiger charge is 2.12. The quantitative estimate of drug-likeness (QED) is 0.606. The van der Waals surface area contributed by atoms with E-state index in [-0.39, 0.29) is 5.82 Å². The molecule has 0 aliphatic carbocycles. The molecule has 0 spiro atoms. The molecule has 0 fully saturated rings. The average molecular weight is 287 g/mol. The molecule has 0 atom stereocenters. The zero-order chi connectivity index (χ0) is 14.3. The summed E-state index contributed by atoms with van der Waals surface area (Å²) in [6.07, 6.45) is 0. The van der Waals surface area contributed by atoms with Crippen LogP contribution in [0.5, 0.6) is 0 Å². The van der Waals surface area contributed by atoms with Crippen molar-refractivity contribution in [1.29, 1.82) is 0 Å². The minimum absolute atomic E-state index is 0.318. The zero-order valence-corrected chi connectivity index (χ0v) is 11.9. The molecule has 1 aromatic heterocycles. The van der Waals surface area contributed by atoms with Gasteiger partial charge in [-0.05, 0) is 37.6 Å². The van der Waals surface area contributed by atoms with Crippen LogP contribution in [0.2, 0.25) is 5.15 Å². The highest BCUT2D eigenvalue weighted by Crippen LogP contribution is 2.28. The number of fused-ring (bicyclic) bond motifs is 1. The van der Waals surface area contributed by atoms with Crippen molar-refractivity contribution >= 4 is 22.5 Å². The zero-order valence-electron chi connectivity index (χ0n) is 11.1. The van der Waals surface area contributed by atoms with Gasteiger partial charge in [0.25, 0.3) is 0 Å². The van der Waals surface area contributed by atoms with Crippen molar-refractivity contribution in [2.45, 2.75) is 13.8 Å². The molecule has 0 saturated heterocycles. The molecule has 2 aromatic carbocycles. The first kappa shape index (κ1) is 13.0. The van der Waals surface area contributed by atoms with E-state index in [1.165, 1.54) is 6.07 Å². The largest absolute Gasteiger partial charge is 0.228 e. The molecule has 2 nitrogen and oxygen atoms in total. The van der Waals surface area contributed by atoms with E-state index in [0.717, 1.165) is 22.0 Å². The highest BCUT2D eigenvalue weighted by molar-refractivity contribution is 6.34. The Kier molecular flexibility index (Phi) is 3.14. The predicted molar refractivity (Wildman–Crippen MR) is 79.4 cm³/mol. The second kappa shape index (κ2) is 4.84. The van der Waals surface area contributed by atoms with Gasteiger partial charge in [-0.3, -0.25) is 0 Å². The first-order valence-electron chi connectivity index (χ1n) is 6.25. The molecule has 0 aliphatic heterocycles. The Morgan fingerprint density at radius 1 is 1.05 bits per heavy atom. The Hall–Kier alpha value is -2.00. The lowest BCUT2D eigenvalue weighted by Crippen LogP contribution is -1.96. The Labute approximate surface area is 121 Å². The number of hydrogen-bond acceptors (Lipinski definition) is 2. The number of nitrogens with zero attached hydrogens (tertiary/aromatic N) is 2. The number of benzene rings is 2. The normalized spacial score (nSPS) is 11.0. The van der Waals surface area contributed by atoms with Crippen molar-refractivity contribution < 1.29 is 4.39 Å². The third-order valence-corrected chi connectivity index (χ3v) is 3.53. The van der Waals surface area contributed by atoms with Crippen LogP contribution in [0.3, 0.4) is 0 Å². The van der Waals surface area contributed by atoms with Crippen LogP contribution in [0.15, 0.2) is 36.4 Å². The number of hydrogen-bond donors (Lipinski definition) is 0. The summed E-state index contributed by atoms with van der Waals surface area (Å²) in [5.74, 6) is -0.0300. The monoisotopic (exact) mass is 286 g/mol. The van der Waals surface area contributed by atoms with Gasteiger partial charge in [0, 0.05) is 5.39 Å². The second-order valence-corrected chi connectivity index (χ2v) is 5.15. The van der Waals surface area contributed by atoms with Crippen molar-refractivity contribution in [3.05, 3.63) is 58.5 Å². The fraction of sp³-hybridized carbons (Fsp3) is 0.125. The van der Waals surface area contributed by atoms with Crippen LogP contribution in [0.4, 0.5) is 4.39 Å². The van der Waals surface area contributed by atoms with Gasteiger partial charge >= 0.3 is 0 Å². The van der Waals surface area contributed by atoms with E-state index in [1.54, 1.807) is 12.1 Å². The van der Waals surface area contributed by atoms with Gasteiger partial charge in [0.2, 0.25) is 0 Å². The Balaban J connectivity index is 2.32. The van der Waals surface area contributed by atoms with Crippen molar-refractivity contribution in [2.24, 2.45) is 0 Å². The van der Waals surface area contributed by atoms with E-state index >= 15 is 0 Å². The van der Waals surface area contributed by atoms with E-state index < -0.39 is 0 Å². The summed E-state index contributed by atoms with van der Waals surface area (Å²) in [4.78, 5) is 8.70. The summed E-state index contributed by atoms with van der Waals surface area (Å²) in [7, 11) is 0. The fourth-order valence-electron chi connectivity index (χ4n) is 2.19. The number of halogens is 2. The minimum Gasteiger partial charge on any atom is -0.228 e. The molecule has 20 heavy (non-hydrogen) atoms. The Bertz CT molecular complexity index is 815. The van der Waals surface area contributed by atoms with Crippen molar-refractivity contribution in [3.8, 4) is 11.4 Å². The van der Waals surface area contributed by atoms with Gasteiger partial charge in [0.05, 0.1) is 11.1 Å². The molecule has 4 heteroatoms. The molecule has 3 aromatic rings. The van der Waals surface area contributed by atoms with E-state index in [2.05, 4.69) is 9.97 Å². The Morgan fingerprint density at radius 2 is 1.85 bits per heavy atom. The van der Waals surface area contributed by atoms with Gasteiger partial charge in [-0.15, -0.1) is 0 Å². The van der Waals surface area contributed by atoms with Crippen LogP contribution < -0.4 is 0 Å². The number of aryl methyl sites for hydroxylation is 2. The van der Waals surface area contributed by atoms with Crippen molar-refractivity contribution in [3.63, 3.8) is 0 Å². The maximum absolute atomic E-state index is 14.0. The lowest BCUT2D eigenvalue weighted by molar-refractivity contribution is 0.629. The molecule has 1 heterocycles. The molecule has 0 N–H and O–H groups in total. The lowest BCUT2D eigenvalue weighted by Gasteiger charge is -2.08. The summed E-state index contributed by atoms with van der Waals surface area (Å²) in [6.45, 7) is 3.85. The molecule has 3 rings (SSSR count). The smallest absolute Gasteiger partial charge is 0.164 e. The summed E-state index contributed by atoms with van der Waals surface area (Å²) in [6, 6.07) is 10.6. The van der Waals surface area contributed by atoms with Crippen molar-refractivity contribution in [2.75, 3.05) is 0 Å². The Morgan fingerprint density at radius 3 is 2.65 bits per heavy atom. The van der Waals surface area contributed by atoms with Gasteiger partial charge in [0.1, 0.15) is 11.0 Å². The molecular weight excluding hydrogens is 275 g/mol. The van der Waals surface area contributed by atoms with Crippen LogP contribution in [0.25, 0.3) is 22.3 Å². The van der Waals surface area contributed by atoms with E-state index in [4.69, 9.17) is 11.6 Å². The van der Waals surface area contributed by atoms with Gasteiger partial charge in [-0.25, -0.2) is 14.4 Å². The first-order valence-corrected chi connectivity index (χ1v) is 6.63. The minimum atomic E-state index is -0.348. The maximum Gasteiger partial charge on any atom is 0.164 e. The van der Waals surface area contributed by atoms with Crippen LogP contribution in [0.1, 0.15) is 11.1 Å².